The topological polar surface area (TPSA) is 157 Å². The lowest BCUT2D eigenvalue weighted by atomic mass is 10.2. The number of hydroxylamine groups is 1. The zero-order valence-corrected chi connectivity index (χ0v) is 20.8. The van der Waals surface area contributed by atoms with Crippen molar-refractivity contribution >= 4 is 34.8 Å². The summed E-state index contributed by atoms with van der Waals surface area (Å²) in [6.07, 6.45) is -8.87. The number of hydrogen-bond donors (Lipinski definition) is 2. The first-order valence-electron chi connectivity index (χ1n) is 11.1. The molecule has 0 saturated carbocycles. The molecule has 0 saturated heterocycles. The highest BCUT2D eigenvalue weighted by atomic mass is 19.4. The Morgan fingerprint density at radius 2 is 1.52 bits per heavy atom. The Bertz CT molecular complexity index is 1590. The highest BCUT2D eigenvalue weighted by Gasteiger charge is 2.39. The van der Waals surface area contributed by atoms with E-state index in [-0.39, 0.29) is 27.4 Å². The van der Waals surface area contributed by atoms with Crippen molar-refractivity contribution in [3.63, 3.8) is 0 Å². The zero-order chi connectivity index (χ0) is 31.1. The summed E-state index contributed by atoms with van der Waals surface area (Å²) in [5.41, 5.74) is 0.369. The predicted molar refractivity (Wildman–Crippen MR) is 129 cm³/mol. The van der Waals surface area contributed by atoms with E-state index in [1.54, 1.807) is 6.07 Å². The third-order valence-corrected chi connectivity index (χ3v) is 4.67. The third-order valence-electron chi connectivity index (χ3n) is 4.67. The number of nitrogens with zero attached hydrogens (tertiary/aromatic N) is 5. The first-order valence-corrected chi connectivity index (χ1v) is 11.1. The molecule has 4 rings (SSSR count). The Labute approximate surface area is 230 Å². The molecule has 0 aliphatic rings. The molecule has 0 aliphatic carbocycles. The largest absolute Gasteiger partial charge is 0.544 e. The van der Waals surface area contributed by atoms with Gasteiger partial charge in [0.25, 0.3) is 17.8 Å². The quantitative estimate of drug-likeness (QED) is 0.242. The Kier molecular flexibility index (Phi) is 9.53. The van der Waals surface area contributed by atoms with Crippen molar-refractivity contribution in [3.05, 3.63) is 78.1 Å². The van der Waals surface area contributed by atoms with Crippen molar-refractivity contribution in [2.45, 2.75) is 12.5 Å². The van der Waals surface area contributed by atoms with Gasteiger partial charge < -0.3 is 15.2 Å². The number of nitrogens with one attached hydrogen (secondary N) is 1. The summed E-state index contributed by atoms with van der Waals surface area (Å²) < 4.78 is 76.5. The number of amides is 2. The smallest absolute Gasteiger partial charge is 0.475 e. The molecule has 0 spiro atoms. The van der Waals surface area contributed by atoms with Crippen molar-refractivity contribution < 1.29 is 55.4 Å². The number of carboxylic acid groups (broad SMARTS) is 1. The second-order valence-corrected chi connectivity index (χ2v) is 7.63. The van der Waals surface area contributed by atoms with Crippen LogP contribution in [-0.2, 0) is 9.63 Å². The number of alkyl halides is 6. The van der Waals surface area contributed by atoms with Gasteiger partial charge in [0.2, 0.25) is 0 Å². The van der Waals surface area contributed by atoms with Crippen molar-refractivity contribution in [3.8, 4) is 11.5 Å². The predicted octanol–water partition coefficient (Wildman–Crippen LogP) is 4.30. The summed E-state index contributed by atoms with van der Waals surface area (Å²) in [4.78, 5) is 45.1. The van der Waals surface area contributed by atoms with Crippen LogP contribution in [0, 0.1) is 0 Å². The van der Waals surface area contributed by atoms with Crippen LogP contribution in [0.4, 0.5) is 32.3 Å². The second-order valence-electron chi connectivity index (χ2n) is 7.63. The van der Waals surface area contributed by atoms with E-state index in [1.165, 1.54) is 67.8 Å². The molecule has 0 bridgehead atoms. The van der Waals surface area contributed by atoms with Crippen LogP contribution in [0.2, 0.25) is 0 Å². The van der Waals surface area contributed by atoms with E-state index in [9.17, 15) is 35.9 Å². The summed E-state index contributed by atoms with van der Waals surface area (Å²) in [7, 11) is 1.47. The molecular formula is C24H16F6N6O6. The molecule has 2 N–H and O–H groups in total. The van der Waals surface area contributed by atoms with Gasteiger partial charge in [0.15, 0.2) is 0 Å². The summed E-state index contributed by atoms with van der Waals surface area (Å²) in [6.45, 7) is 0. The number of carbonyl (C=O) groups is 3. The van der Waals surface area contributed by atoms with Crippen LogP contribution >= 0.6 is 0 Å². The molecule has 2 aromatic heterocycles. The maximum absolute atomic E-state index is 13.0. The van der Waals surface area contributed by atoms with Crippen LogP contribution < -0.4 is 15.1 Å². The number of aromatic nitrogens is 4. The van der Waals surface area contributed by atoms with E-state index in [0.29, 0.717) is 11.5 Å². The third kappa shape index (κ3) is 8.55. The molecule has 0 radical (unpaired) electrons. The van der Waals surface area contributed by atoms with Gasteiger partial charge in [-0.15, -0.1) is 28.4 Å². The monoisotopic (exact) mass is 598 g/mol. The number of carboxylic acids is 1. The summed E-state index contributed by atoms with van der Waals surface area (Å²) in [6, 6.07) is 14.5. The molecule has 2 amide bonds. The number of benzene rings is 2. The molecule has 0 fully saturated rings. The maximum Gasteiger partial charge on any atom is 0.544 e. The summed E-state index contributed by atoms with van der Waals surface area (Å²) in [5, 5.41) is 17.0. The van der Waals surface area contributed by atoms with Gasteiger partial charge >= 0.3 is 18.5 Å². The van der Waals surface area contributed by atoms with Crippen molar-refractivity contribution in [1.82, 2.24) is 25.5 Å². The average molecular weight is 598 g/mol. The highest BCUT2D eigenvalue weighted by molar-refractivity contribution is 6.03. The zero-order valence-electron chi connectivity index (χ0n) is 20.8. The number of rotatable bonds is 6. The standard InChI is InChI=1S/C22H15F3N6O4.C2HF3O2/c1-26-19(32)18-12-15(9-10-27-18)34-14-7-8-16-17(11-14)29-30-21(28-16)31(35-22(23,24)25)20(33)13-5-3-2-4-6-13;3-2(4,5)1(6)7/h2-12H,1H3,(H,26,32);(H,6,7). The second kappa shape index (κ2) is 12.9. The summed E-state index contributed by atoms with van der Waals surface area (Å²) >= 11 is 0. The Morgan fingerprint density at radius 3 is 2.12 bits per heavy atom. The van der Waals surface area contributed by atoms with E-state index in [2.05, 4.69) is 30.3 Å². The van der Waals surface area contributed by atoms with Crippen molar-refractivity contribution in [1.29, 1.82) is 0 Å². The number of hydrogen-bond acceptors (Lipinski definition) is 9. The molecule has 4 aromatic rings. The van der Waals surface area contributed by atoms with E-state index in [0.717, 1.165) is 0 Å². The number of ether oxygens (including phenoxy) is 1. The van der Waals surface area contributed by atoms with Gasteiger partial charge in [0.1, 0.15) is 22.7 Å². The first-order chi connectivity index (χ1) is 19.7. The molecule has 220 valence electrons. The molecule has 2 aromatic carbocycles. The fraction of sp³-hybridized carbons (Fsp3) is 0.125. The highest BCUT2D eigenvalue weighted by Crippen LogP contribution is 2.27. The lowest BCUT2D eigenvalue weighted by Gasteiger charge is -2.20. The van der Waals surface area contributed by atoms with Gasteiger partial charge in [-0.1, -0.05) is 18.2 Å². The number of pyridine rings is 1. The minimum Gasteiger partial charge on any atom is -0.475 e. The van der Waals surface area contributed by atoms with Gasteiger partial charge in [0.05, 0.1) is 5.52 Å². The Hall–Kier alpha value is -5.39. The van der Waals surface area contributed by atoms with Crippen LogP contribution in [0.5, 0.6) is 11.5 Å². The lowest BCUT2D eigenvalue weighted by molar-refractivity contribution is -0.325. The Morgan fingerprint density at radius 1 is 0.881 bits per heavy atom. The molecule has 0 atom stereocenters. The number of fused-ring (bicyclic) bond motifs is 1. The lowest BCUT2D eigenvalue weighted by Crippen LogP contribution is -2.38. The molecule has 0 aliphatic heterocycles. The summed E-state index contributed by atoms with van der Waals surface area (Å²) in [5.74, 6) is -4.39. The van der Waals surface area contributed by atoms with E-state index in [1.807, 2.05) is 0 Å². The van der Waals surface area contributed by atoms with Gasteiger partial charge in [0, 0.05) is 30.9 Å². The van der Waals surface area contributed by atoms with Gasteiger partial charge in [-0.25, -0.2) is 9.78 Å². The average Bonchev–Trinajstić information content (AvgIpc) is 2.95. The van der Waals surface area contributed by atoms with E-state index >= 15 is 0 Å². The van der Waals surface area contributed by atoms with Gasteiger partial charge in [-0.05, 0) is 30.3 Å². The first kappa shape index (κ1) is 31.1. The number of halogens is 6. The van der Waals surface area contributed by atoms with Crippen molar-refractivity contribution in [2.75, 3.05) is 12.1 Å². The molecule has 12 nitrogen and oxygen atoms in total. The molecule has 42 heavy (non-hydrogen) atoms. The van der Waals surface area contributed by atoms with Crippen LogP contribution in [-0.4, -0.2) is 62.6 Å². The molecule has 18 heteroatoms. The van der Waals surface area contributed by atoms with Crippen molar-refractivity contribution in [2.24, 2.45) is 0 Å². The fourth-order valence-electron chi connectivity index (χ4n) is 2.89. The number of anilines is 1. The molecule has 0 unspecified atom stereocenters. The van der Waals surface area contributed by atoms with Crippen LogP contribution in [0.1, 0.15) is 20.8 Å². The van der Waals surface area contributed by atoms with Gasteiger partial charge in [-0.2, -0.15) is 18.0 Å². The molecule has 2 heterocycles. The van der Waals surface area contributed by atoms with Crippen LogP contribution in [0.25, 0.3) is 11.0 Å². The normalized spacial score (nSPS) is 11.2. The Balaban J connectivity index is 0.000000616. The van der Waals surface area contributed by atoms with E-state index in [4.69, 9.17) is 14.6 Å². The number of carbonyl (C=O) groups excluding carboxylic acids is 2. The van der Waals surface area contributed by atoms with Crippen LogP contribution in [0.3, 0.4) is 0 Å². The maximum atomic E-state index is 13.0. The SMILES string of the molecule is CNC(=O)c1cc(Oc2ccc3nc(N(OC(F)(F)F)C(=O)c4ccccc4)nnc3c2)ccn1.O=C(O)C(F)(F)F. The van der Waals surface area contributed by atoms with E-state index < -0.39 is 36.3 Å². The minimum atomic E-state index is -5.18. The molecular weight excluding hydrogens is 582 g/mol. The fourth-order valence-corrected chi connectivity index (χ4v) is 2.89. The van der Waals surface area contributed by atoms with Crippen LogP contribution in [0.15, 0.2) is 66.9 Å². The van der Waals surface area contributed by atoms with Gasteiger partial charge in [-0.3, -0.25) is 14.6 Å². The number of aliphatic carboxylic acids is 1. The minimum absolute atomic E-state index is 0.0660.